The molecule has 1 saturated heterocycles. The molecule has 6 nitrogen and oxygen atoms in total. The molecule has 6 heteroatoms. The van der Waals surface area contributed by atoms with Crippen molar-refractivity contribution in [1.29, 1.82) is 0 Å². The molecule has 1 aromatic rings. The van der Waals surface area contributed by atoms with Gasteiger partial charge in [-0.3, -0.25) is 9.78 Å². The number of nitrogens with zero attached hydrogens (tertiary/aromatic N) is 3. The molecule has 0 bridgehead atoms. The molecule has 14 heavy (non-hydrogen) atoms. The van der Waals surface area contributed by atoms with Crippen LogP contribution in [0.1, 0.15) is 5.69 Å². The summed E-state index contributed by atoms with van der Waals surface area (Å²) in [5.41, 5.74) is 0.248. The molecule has 0 unspecified atom stereocenters. The normalized spacial score (nSPS) is 17.1. The molecule has 2 heterocycles. The number of aromatic nitrogens is 3. The maximum atomic E-state index is 11.3. The first-order chi connectivity index (χ1) is 6.77. The molecule has 0 saturated carbocycles. The monoisotopic (exact) mass is 195 g/mol. The number of aryl methyl sites for hydroxylation is 1. The Labute approximate surface area is 81.3 Å². The quantitative estimate of drug-likeness (QED) is 0.594. The highest BCUT2D eigenvalue weighted by Crippen LogP contribution is 2.03. The number of anilines is 1. The summed E-state index contributed by atoms with van der Waals surface area (Å²) in [6, 6.07) is 0. The van der Waals surface area contributed by atoms with E-state index in [0.717, 1.165) is 26.2 Å². The van der Waals surface area contributed by atoms with E-state index in [2.05, 4.69) is 20.5 Å². The van der Waals surface area contributed by atoms with Gasteiger partial charge in [0.05, 0.1) is 0 Å². The number of hydrogen-bond acceptors (Lipinski definition) is 5. The number of aromatic amines is 1. The van der Waals surface area contributed by atoms with Crippen LogP contribution in [0.4, 0.5) is 5.95 Å². The molecule has 0 aliphatic carbocycles. The predicted molar refractivity (Wildman–Crippen MR) is 52.5 cm³/mol. The van der Waals surface area contributed by atoms with Gasteiger partial charge in [-0.1, -0.05) is 0 Å². The highest BCUT2D eigenvalue weighted by atomic mass is 16.1. The Bertz CT molecular complexity index is 368. The lowest BCUT2D eigenvalue weighted by Gasteiger charge is -2.27. The van der Waals surface area contributed by atoms with Gasteiger partial charge in [0.2, 0.25) is 5.95 Å². The average Bonchev–Trinajstić information content (AvgIpc) is 2.23. The number of hydrogen-bond donors (Lipinski definition) is 2. The van der Waals surface area contributed by atoms with Crippen LogP contribution >= 0.6 is 0 Å². The van der Waals surface area contributed by atoms with Crippen LogP contribution < -0.4 is 15.8 Å². The molecule has 0 aromatic carbocycles. The Morgan fingerprint density at radius 1 is 1.29 bits per heavy atom. The van der Waals surface area contributed by atoms with Gasteiger partial charge < -0.3 is 10.2 Å². The second kappa shape index (κ2) is 3.75. The van der Waals surface area contributed by atoms with E-state index in [-0.39, 0.29) is 5.56 Å². The number of piperazine rings is 1. The van der Waals surface area contributed by atoms with E-state index in [1.807, 2.05) is 4.90 Å². The molecule has 1 aliphatic rings. The third-order valence-electron chi connectivity index (χ3n) is 2.27. The molecule has 2 N–H and O–H groups in total. The van der Waals surface area contributed by atoms with Gasteiger partial charge in [-0.15, -0.1) is 10.2 Å². The minimum Gasteiger partial charge on any atom is -0.338 e. The van der Waals surface area contributed by atoms with E-state index < -0.39 is 0 Å². The largest absolute Gasteiger partial charge is 0.338 e. The molecular weight excluding hydrogens is 182 g/mol. The van der Waals surface area contributed by atoms with Crippen LogP contribution in [0.3, 0.4) is 0 Å². The number of nitrogens with one attached hydrogen (secondary N) is 2. The summed E-state index contributed by atoms with van der Waals surface area (Å²) in [5.74, 6) is 0.571. The van der Waals surface area contributed by atoms with Gasteiger partial charge in [-0.25, -0.2) is 0 Å². The number of H-pyrrole nitrogens is 1. The van der Waals surface area contributed by atoms with Gasteiger partial charge in [0.25, 0.3) is 5.56 Å². The fourth-order valence-corrected chi connectivity index (χ4v) is 1.40. The van der Waals surface area contributed by atoms with Crippen LogP contribution in [-0.2, 0) is 0 Å². The van der Waals surface area contributed by atoms with E-state index in [4.69, 9.17) is 0 Å². The van der Waals surface area contributed by atoms with Crippen LogP contribution in [0.15, 0.2) is 4.79 Å². The molecule has 2 rings (SSSR count). The van der Waals surface area contributed by atoms with Gasteiger partial charge in [0.1, 0.15) is 5.69 Å². The Kier molecular flexibility index (Phi) is 2.45. The lowest BCUT2D eigenvalue weighted by Crippen LogP contribution is -2.45. The minimum atomic E-state index is -0.159. The lowest BCUT2D eigenvalue weighted by molar-refractivity contribution is 0.575. The smallest absolute Gasteiger partial charge is 0.273 e. The molecule has 1 aromatic heterocycles. The first-order valence-electron chi connectivity index (χ1n) is 4.66. The summed E-state index contributed by atoms with van der Waals surface area (Å²) in [5, 5.41) is 11.0. The average molecular weight is 195 g/mol. The van der Waals surface area contributed by atoms with Gasteiger partial charge in [0, 0.05) is 26.2 Å². The summed E-state index contributed by atoms with van der Waals surface area (Å²) >= 11 is 0. The molecule has 1 fully saturated rings. The summed E-state index contributed by atoms with van der Waals surface area (Å²) in [4.78, 5) is 16.0. The standard InChI is InChI=1S/C8H13N5O/c1-6-7(14)10-8(12-11-6)13-4-2-9-3-5-13/h9H,2-5H2,1H3,(H,10,12,14). The molecule has 0 atom stereocenters. The van der Waals surface area contributed by atoms with E-state index in [9.17, 15) is 4.79 Å². The van der Waals surface area contributed by atoms with E-state index in [1.54, 1.807) is 6.92 Å². The van der Waals surface area contributed by atoms with E-state index in [1.165, 1.54) is 0 Å². The highest BCUT2D eigenvalue weighted by Gasteiger charge is 2.12. The molecule has 1 aliphatic heterocycles. The summed E-state index contributed by atoms with van der Waals surface area (Å²) in [6.07, 6.45) is 0. The van der Waals surface area contributed by atoms with Crippen LogP contribution in [0.25, 0.3) is 0 Å². The zero-order valence-electron chi connectivity index (χ0n) is 8.08. The highest BCUT2D eigenvalue weighted by molar-refractivity contribution is 5.28. The van der Waals surface area contributed by atoms with E-state index in [0.29, 0.717) is 11.6 Å². The first kappa shape index (κ1) is 9.14. The maximum Gasteiger partial charge on any atom is 0.273 e. The van der Waals surface area contributed by atoms with Gasteiger partial charge >= 0.3 is 0 Å². The van der Waals surface area contributed by atoms with Crippen molar-refractivity contribution in [1.82, 2.24) is 20.5 Å². The van der Waals surface area contributed by atoms with Crippen molar-refractivity contribution in [3.05, 3.63) is 16.0 Å². The van der Waals surface area contributed by atoms with Crippen molar-refractivity contribution < 1.29 is 0 Å². The van der Waals surface area contributed by atoms with Crippen molar-refractivity contribution in [2.45, 2.75) is 6.92 Å². The summed E-state index contributed by atoms with van der Waals surface area (Å²) in [7, 11) is 0. The molecule has 0 radical (unpaired) electrons. The topological polar surface area (TPSA) is 73.9 Å². The zero-order chi connectivity index (χ0) is 9.97. The first-order valence-corrected chi connectivity index (χ1v) is 4.66. The van der Waals surface area contributed by atoms with Crippen molar-refractivity contribution in [2.75, 3.05) is 31.1 Å². The molecule has 0 amide bonds. The molecule has 76 valence electrons. The van der Waals surface area contributed by atoms with Crippen molar-refractivity contribution in [3.63, 3.8) is 0 Å². The van der Waals surface area contributed by atoms with Crippen molar-refractivity contribution >= 4 is 5.95 Å². The SMILES string of the molecule is Cc1nnc(N2CCNCC2)[nH]c1=O. The third-order valence-corrected chi connectivity index (χ3v) is 2.27. The van der Waals surface area contributed by atoms with Gasteiger partial charge in [0.15, 0.2) is 0 Å². The maximum absolute atomic E-state index is 11.3. The molecular formula is C8H13N5O. The van der Waals surface area contributed by atoms with Crippen LogP contribution in [0, 0.1) is 6.92 Å². The van der Waals surface area contributed by atoms with Crippen molar-refractivity contribution in [2.24, 2.45) is 0 Å². The fourth-order valence-electron chi connectivity index (χ4n) is 1.40. The Balaban J connectivity index is 2.23. The second-order valence-electron chi connectivity index (χ2n) is 3.30. The summed E-state index contributed by atoms with van der Waals surface area (Å²) in [6.45, 7) is 5.18. The Morgan fingerprint density at radius 3 is 2.64 bits per heavy atom. The number of rotatable bonds is 1. The predicted octanol–water partition coefficient (Wildman–Crippen LogP) is -1.12. The Morgan fingerprint density at radius 2 is 2.00 bits per heavy atom. The van der Waals surface area contributed by atoms with Crippen LogP contribution in [0.5, 0.6) is 0 Å². The summed E-state index contributed by atoms with van der Waals surface area (Å²) < 4.78 is 0. The fraction of sp³-hybridized carbons (Fsp3) is 0.625. The second-order valence-corrected chi connectivity index (χ2v) is 3.30. The van der Waals surface area contributed by atoms with Crippen LogP contribution in [-0.4, -0.2) is 41.4 Å². The lowest BCUT2D eigenvalue weighted by atomic mass is 10.4. The third kappa shape index (κ3) is 1.74. The van der Waals surface area contributed by atoms with Crippen molar-refractivity contribution in [3.8, 4) is 0 Å². The van der Waals surface area contributed by atoms with Gasteiger partial charge in [-0.05, 0) is 6.92 Å². The van der Waals surface area contributed by atoms with E-state index >= 15 is 0 Å². The van der Waals surface area contributed by atoms with Crippen LogP contribution in [0.2, 0.25) is 0 Å². The van der Waals surface area contributed by atoms with Gasteiger partial charge in [-0.2, -0.15) is 0 Å². The minimum absolute atomic E-state index is 0.159. The Hall–Kier alpha value is -1.43. The molecule has 0 spiro atoms. The zero-order valence-corrected chi connectivity index (χ0v) is 8.08.